The highest BCUT2D eigenvalue weighted by Gasteiger charge is 2.21. The molecule has 0 aliphatic rings. The fraction of sp³-hybridized carbons (Fsp3) is 0.333. The van der Waals surface area contributed by atoms with Crippen LogP contribution in [0, 0.1) is 6.92 Å². The second-order valence-electron chi connectivity index (χ2n) is 4.84. The number of aryl methyl sites for hydroxylation is 1. The zero-order valence-electron chi connectivity index (χ0n) is 12.2. The molecule has 2 aromatic rings. The van der Waals surface area contributed by atoms with E-state index in [-0.39, 0.29) is 17.5 Å². The Kier molecular flexibility index (Phi) is 5.13. The standard InChI is InChI=1S/C15H16ClF2N3O/c1-3-10-4-6-11(7-5-10)19-12(22)8-21-9(2)13(16)14(20-21)15(17)18/h4-7,15H,3,8H2,1-2H3,(H,19,22). The van der Waals surface area contributed by atoms with Crippen LogP contribution in [0.1, 0.15) is 30.3 Å². The maximum atomic E-state index is 12.7. The second-order valence-corrected chi connectivity index (χ2v) is 5.22. The van der Waals surface area contributed by atoms with E-state index in [9.17, 15) is 13.6 Å². The molecule has 0 radical (unpaired) electrons. The number of carbonyl (C=O) groups is 1. The van der Waals surface area contributed by atoms with Crippen LogP contribution in [0.4, 0.5) is 14.5 Å². The van der Waals surface area contributed by atoms with Gasteiger partial charge in [-0.15, -0.1) is 0 Å². The topological polar surface area (TPSA) is 46.9 Å². The van der Waals surface area contributed by atoms with E-state index in [1.54, 1.807) is 19.1 Å². The zero-order valence-corrected chi connectivity index (χ0v) is 13.0. The molecule has 0 bridgehead atoms. The van der Waals surface area contributed by atoms with Crippen molar-refractivity contribution in [3.8, 4) is 0 Å². The van der Waals surface area contributed by atoms with Gasteiger partial charge >= 0.3 is 0 Å². The van der Waals surface area contributed by atoms with Crippen LogP contribution in [-0.4, -0.2) is 15.7 Å². The normalized spacial score (nSPS) is 11.0. The quantitative estimate of drug-likeness (QED) is 0.902. The molecule has 22 heavy (non-hydrogen) atoms. The number of carbonyl (C=O) groups excluding carboxylic acids is 1. The van der Waals surface area contributed by atoms with Gasteiger partial charge in [-0.2, -0.15) is 5.10 Å². The van der Waals surface area contributed by atoms with Crippen LogP contribution in [0.3, 0.4) is 0 Å². The average molecular weight is 328 g/mol. The molecule has 1 heterocycles. The molecule has 2 rings (SSSR count). The van der Waals surface area contributed by atoms with Crippen molar-refractivity contribution in [1.82, 2.24) is 9.78 Å². The van der Waals surface area contributed by atoms with Crippen molar-refractivity contribution >= 4 is 23.2 Å². The molecular weight excluding hydrogens is 312 g/mol. The fourth-order valence-corrected chi connectivity index (χ4v) is 2.22. The molecule has 0 fully saturated rings. The van der Waals surface area contributed by atoms with Gasteiger partial charge in [0.15, 0.2) is 0 Å². The Morgan fingerprint density at radius 3 is 2.50 bits per heavy atom. The zero-order chi connectivity index (χ0) is 16.3. The van der Waals surface area contributed by atoms with Crippen LogP contribution < -0.4 is 5.32 Å². The monoisotopic (exact) mass is 327 g/mol. The summed E-state index contributed by atoms with van der Waals surface area (Å²) in [7, 11) is 0. The van der Waals surface area contributed by atoms with E-state index >= 15 is 0 Å². The molecule has 4 nitrogen and oxygen atoms in total. The lowest BCUT2D eigenvalue weighted by molar-refractivity contribution is -0.117. The summed E-state index contributed by atoms with van der Waals surface area (Å²) < 4.78 is 26.6. The highest BCUT2D eigenvalue weighted by Crippen LogP contribution is 2.28. The Bertz CT molecular complexity index is 668. The number of halogens is 3. The molecule has 0 aliphatic heterocycles. The van der Waals surface area contributed by atoms with Gasteiger partial charge in [-0.1, -0.05) is 30.7 Å². The van der Waals surface area contributed by atoms with E-state index in [1.807, 2.05) is 19.1 Å². The molecule has 0 saturated carbocycles. The summed E-state index contributed by atoms with van der Waals surface area (Å²) in [4.78, 5) is 12.0. The van der Waals surface area contributed by atoms with Crippen LogP contribution in [0.25, 0.3) is 0 Å². The van der Waals surface area contributed by atoms with E-state index in [1.165, 1.54) is 4.68 Å². The molecule has 0 saturated heterocycles. The molecule has 1 aromatic heterocycles. The van der Waals surface area contributed by atoms with E-state index in [4.69, 9.17) is 11.6 Å². The third-order valence-electron chi connectivity index (χ3n) is 3.30. The maximum Gasteiger partial charge on any atom is 0.283 e. The lowest BCUT2D eigenvalue weighted by Gasteiger charge is -2.07. The van der Waals surface area contributed by atoms with Crippen molar-refractivity contribution in [2.24, 2.45) is 0 Å². The minimum atomic E-state index is -2.77. The Hall–Kier alpha value is -1.95. The SMILES string of the molecule is CCc1ccc(NC(=O)Cn2nc(C(F)F)c(Cl)c2C)cc1. The van der Waals surface area contributed by atoms with Gasteiger partial charge in [-0.05, 0) is 31.0 Å². The minimum Gasteiger partial charge on any atom is -0.324 e. The number of amides is 1. The second kappa shape index (κ2) is 6.87. The van der Waals surface area contributed by atoms with Crippen molar-refractivity contribution in [2.75, 3.05) is 5.32 Å². The Balaban J connectivity index is 2.07. The van der Waals surface area contributed by atoms with Gasteiger partial charge in [0, 0.05) is 5.69 Å². The van der Waals surface area contributed by atoms with Crippen molar-refractivity contribution < 1.29 is 13.6 Å². The van der Waals surface area contributed by atoms with Crippen LogP contribution in [0.5, 0.6) is 0 Å². The summed E-state index contributed by atoms with van der Waals surface area (Å²) in [5, 5.41) is 6.29. The smallest absolute Gasteiger partial charge is 0.283 e. The van der Waals surface area contributed by atoms with Gasteiger partial charge in [0.2, 0.25) is 5.91 Å². The van der Waals surface area contributed by atoms with Gasteiger partial charge in [-0.25, -0.2) is 8.78 Å². The third kappa shape index (κ3) is 3.62. The summed E-state index contributed by atoms with van der Waals surface area (Å²) in [6.07, 6.45) is -1.85. The number of nitrogens with zero attached hydrogens (tertiary/aromatic N) is 2. The van der Waals surface area contributed by atoms with Crippen molar-refractivity contribution in [3.63, 3.8) is 0 Å². The summed E-state index contributed by atoms with van der Waals surface area (Å²) >= 11 is 5.79. The van der Waals surface area contributed by atoms with Gasteiger partial charge in [0.25, 0.3) is 6.43 Å². The molecule has 7 heteroatoms. The molecule has 1 amide bonds. The van der Waals surface area contributed by atoms with Crippen LogP contribution in [0.15, 0.2) is 24.3 Å². The first-order valence-electron chi connectivity index (χ1n) is 6.82. The third-order valence-corrected chi connectivity index (χ3v) is 3.77. The number of nitrogens with one attached hydrogen (secondary N) is 1. The molecule has 1 N–H and O–H groups in total. The number of hydrogen-bond acceptors (Lipinski definition) is 2. The minimum absolute atomic E-state index is 0.102. The number of benzene rings is 1. The van der Waals surface area contributed by atoms with Gasteiger partial charge < -0.3 is 5.32 Å². The lowest BCUT2D eigenvalue weighted by atomic mass is 10.1. The van der Waals surface area contributed by atoms with E-state index in [2.05, 4.69) is 10.4 Å². The molecule has 0 unspecified atom stereocenters. The molecular formula is C15H16ClF2N3O. The van der Waals surface area contributed by atoms with Crippen molar-refractivity contribution in [3.05, 3.63) is 46.2 Å². The van der Waals surface area contributed by atoms with Crippen molar-refractivity contribution in [1.29, 1.82) is 0 Å². The van der Waals surface area contributed by atoms with Gasteiger partial charge in [0.05, 0.1) is 10.7 Å². The molecule has 1 aromatic carbocycles. The Morgan fingerprint density at radius 2 is 2.00 bits per heavy atom. The lowest BCUT2D eigenvalue weighted by Crippen LogP contribution is -2.20. The number of aromatic nitrogens is 2. The highest BCUT2D eigenvalue weighted by molar-refractivity contribution is 6.31. The van der Waals surface area contributed by atoms with Crippen LogP contribution in [0.2, 0.25) is 5.02 Å². The summed E-state index contributed by atoms with van der Waals surface area (Å²) in [6, 6.07) is 7.43. The van der Waals surface area contributed by atoms with Gasteiger partial charge in [0.1, 0.15) is 12.2 Å². The van der Waals surface area contributed by atoms with E-state index in [0.717, 1.165) is 12.0 Å². The first-order chi connectivity index (χ1) is 10.4. The van der Waals surface area contributed by atoms with Crippen molar-refractivity contribution in [2.45, 2.75) is 33.2 Å². The summed E-state index contributed by atoms with van der Waals surface area (Å²) in [6.45, 7) is 3.41. The van der Waals surface area contributed by atoms with E-state index in [0.29, 0.717) is 11.4 Å². The van der Waals surface area contributed by atoms with Crippen LogP contribution >= 0.6 is 11.6 Å². The number of rotatable bonds is 5. The maximum absolute atomic E-state index is 12.7. The predicted octanol–water partition coefficient (Wildman–Crippen LogP) is 3.98. The van der Waals surface area contributed by atoms with E-state index < -0.39 is 12.1 Å². The number of alkyl halides is 2. The largest absolute Gasteiger partial charge is 0.324 e. The predicted molar refractivity (Wildman–Crippen MR) is 81.4 cm³/mol. The van der Waals surface area contributed by atoms with Crippen LogP contribution in [-0.2, 0) is 17.8 Å². The Labute approximate surface area is 132 Å². The number of hydrogen-bond donors (Lipinski definition) is 1. The first-order valence-corrected chi connectivity index (χ1v) is 7.20. The highest BCUT2D eigenvalue weighted by atomic mass is 35.5. The molecule has 0 aliphatic carbocycles. The molecule has 0 spiro atoms. The first kappa shape index (κ1) is 16.4. The Morgan fingerprint density at radius 1 is 1.36 bits per heavy atom. The summed E-state index contributed by atoms with van der Waals surface area (Å²) in [5.74, 6) is -0.354. The number of anilines is 1. The molecule has 0 atom stereocenters. The van der Waals surface area contributed by atoms with Gasteiger partial charge in [-0.3, -0.25) is 9.48 Å². The molecule has 118 valence electrons. The average Bonchev–Trinajstić information content (AvgIpc) is 2.76. The summed E-state index contributed by atoms with van der Waals surface area (Å²) in [5.41, 5.74) is 1.65. The fourth-order valence-electron chi connectivity index (χ4n) is 2.00.